The molecule has 100 valence electrons. The molecule has 1 fully saturated rings. The van der Waals surface area contributed by atoms with Gasteiger partial charge in [0.2, 0.25) is 0 Å². The zero-order chi connectivity index (χ0) is 13.1. The zero-order valence-electron chi connectivity index (χ0n) is 10.00. The molecule has 3 N–H and O–H groups in total. The Balaban J connectivity index is 1.97. The first-order valence-electron chi connectivity index (χ1n) is 6.14. The van der Waals surface area contributed by atoms with E-state index in [2.05, 4.69) is 21.2 Å². The van der Waals surface area contributed by atoms with E-state index in [-0.39, 0.29) is 11.9 Å². The van der Waals surface area contributed by atoms with E-state index in [0.29, 0.717) is 22.1 Å². The highest BCUT2D eigenvalue weighted by atomic mass is 79.9. The molecule has 18 heavy (non-hydrogen) atoms. The summed E-state index contributed by atoms with van der Waals surface area (Å²) >= 11 is 9.23. The number of rotatable bonds is 3. The van der Waals surface area contributed by atoms with Gasteiger partial charge in [0.1, 0.15) is 5.75 Å². The Bertz CT molecular complexity index is 428. The van der Waals surface area contributed by atoms with Gasteiger partial charge in [-0.25, -0.2) is 0 Å². The van der Waals surface area contributed by atoms with Crippen LogP contribution in [0.3, 0.4) is 0 Å². The minimum absolute atomic E-state index is 0.198. The van der Waals surface area contributed by atoms with Crippen molar-refractivity contribution in [3.05, 3.63) is 27.2 Å². The molecule has 1 saturated carbocycles. The predicted octanol–water partition coefficient (Wildman–Crippen LogP) is 3.20. The van der Waals surface area contributed by atoms with E-state index < -0.39 is 0 Å². The van der Waals surface area contributed by atoms with Crippen molar-refractivity contribution >= 4 is 27.5 Å². The molecule has 0 bridgehead atoms. The first-order valence-corrected chi connectivity index (χ1v) is 7.31. The van der Waals surface area contributed by atoms with E-state index in [1.54, 1.807) is 12.1 Å². The fourth-order valence-electron chi connectivity index (χ4n) is 2.36. The third kappa shape index (κ3) is 3.60. The molecular weight excluding hydrogens is 318 g/mol. The van der Waals surface area contributed by atoms with Crippen LogP contribution in [0.25, 0.3) is 0 Å². The van der Waals surface area contributed by atoms with Crippen molar-refractivity contribution in [1.82, 2.24) is 5.32 Å². The first-order chi connectivity index (χ1) is 8.56. The number of hydrogen-bond donors (Lipinski definition) is 3. The second kappa shape index (κ2) is 6.24. The summed E-state index contributed by atoms with van der Waals surface area (Å²) in [6.07, 6.45) is 3.59. The van der Waals surface area contributed by atoms with E-state index in [0.717, 1.165) is 31.2 Å². The van der Waals surface area contributed by atoms with Gasteiger partial charge in [0.05, 0.1) is 10.6 Å². The van der Waals surface area contributed by atoms with E-state index in [1.165, 1.54) is 0 Å². The average Bonchev–Trinajstić information content (AvgIpc) is 2.32. The molecule has 0 heterocycles. The summed E-state index contributed by atoms with van der Waals surface area (Å²) in [5.41, 5.74) is 0.773. The molecule has 5 heteroatoms. The molecule has 0 aromatic heterocycles. The third-order valence-electron chi connectivity index (χ3n) is 3.33. The summed E-state index contributed by atoms with van der Waals surface area (Å²) in [7, 11) is 0. The Labute approximate surface area is 120 Å². The highest BCUT2D eigenvalue weighted by Crippen LogP contribution is 2.31. The minimum Gasteiger partial charge on any atom is -0.506 e. The lowest BCUT2D eigenvalue weighted by Gasteiger charge is -2.27. The van der Waals surface area contributed by atoms with E-state index >= 15 is 0 Å². The number of aliphatic hydroxyl groups excluding tert-OH is 1. The van der Waals surface area contributed by atoms with E-state index in [9.17, 15) is 10.2 Å². The van der Waals surface area contributed by atoms with Gasteiger partial charge < -0.3 is 15.5 Å². The zero-order valence-corrected chi connectivity index (χ0v) is 12.3. The van der Waals surface area contributed by atoms with E-state index in [4.69, 9.17) is 11.6 Å². The van der Waals surface area contributed by atoms with Gasteiger partial charge in [0, 0.05) is 23.2 Å². The summed E-state index contributed by atoms with van der Waals surface area (Å²) in [5, 5.41) is 23.5. The topological polar surface area (TPSA) is 52.5 Å². The molecule has 1 aromatic rings. The number of nitrogens with one attached hydrogen (secondary N) is 1. The van der Waals surface area contributed by atoms with Gasteiger partial charge in [-0.2, -0.15) is 0 Å². The Hall–Kier alpha value is -0.290. The Kier molecular flexibility index (Phi) is 4.90. The van der Waals surface area contributed by atoms with Gasteiger partial charge in [0.25, 0.3) is 0 Å². The van der Waals surface area contributed by atoms with Crippen molar-refractivity contribution in [3.8, 4) is 5.75 Å². The van der Waals surface area contributed by atoms with Crippen molar-refractivity contribution in [2.24, 2.45) is 0 Å². The maximum absolute atomic E-state index is 9.91. The molecule has 0 saturated heterocycles. The molecule has 1 aliphatic rings. The molecule has 0 spiro atoms. The van der Waals surface area contributed by atoms with Gasteiger partial charge in [0.15, 0.2) is 0 Å². The van der Waals surface area contributed by atoms with Crippen LogP contribution in [0.15, 0.2) is 16.6 Å². The van der Waals surface area contributed by atoms with Crippen molar-refractivity contribution in [1.29, 1.82) is 0 Å². The number of aliphatic hydroxyl groups is 1. The van der Waals surface area contributed by atoms with Crippen molar-refractivity contribution in [2.75, 3.05) is 0 Å². The van der Waals surface area contributed by atoms with Gasteiger partial charge in [-0.15, -0.1) is 0 Å². The molecule has 0 radical (unpaired) electrons. The van der Waals surface area contributed by atoms with Crippen LogP contribution in [0.5, 0.6) is 5.75 Å². The van der Waals surface area contributed by atoms with Gasteiger partial charge in [-0.3, -0.25) is 0 Å². The lowest BCUT2D eigenvalue weighted by molar-refractivity contribution is 0.111. The number of benzene rings is 1. The van der Waals surface area contributed by atoms with Crippen LogP contribution in [0, 0.1) is 0 Å². The van der Waals surface area contributed by atoms with Crippen LogP contribution < -0.4 is 5.32 Å². The van der Waals surface area contributed by atoms with Crippen LogP contribution in [0.2, 0.25) is 5.02 Å². The molecule has 1 aromatic carbocycles. The van der Waals surface area contributed by atoms with E-state index in [1.807, 2.05) is 0 Å². The summed E-state index contributed by atoms with van der Waals surface area (Å²) < 4.78 is 0.607. The summed E-state index contributed by atoms with van der Waals surface area (Å²) in [4.78, 5) is 0. The molecule has 0 amide bonds. The highest BCUT2D eigenvalue weighted by Gasteiger charge is 2.20. The monoisotopic (exact) mass is 333 g/mol. The standard InChI is InChI=1S/C13H17BrClNO2/c14-12-5-9(15)4-8(13(12)18)7-16-10-2-1-3-11(17)6-10/h4-5,10-11,16-18H,1-3,6-7H2. The number of halogens is 2. The van der Waals surface area contributed by atoms with Gasteiger partial charge >= 0.3 is 0 Å². The van der Waals surface area contributed by atoms with Crippen LogP contribution in [-0.4, -0.2) is 22.4 Å². The number of phenolic OH excluding ortho intramolecular Hbond substituents is 1. The summed E-state index contributed by atoms with van der Waals surface area (Å²) in [5.74, 6) is 0.225. The predicted molar refractivity (Wildman–Crippen MR) is 75.9 cm³/mol. The molecule has 2 atom stereocenters. The average molecular weight is 335 g/mol. The van der Waals surface area contributed by atoms with Crippen molar-refractivity contribution in [3.63, 3.8) is 0 Å². The number of phenols is 1. The SMILES string of the molecule is Oc1c(Br)cc(Cl)cc1CNC1CCCC(O)C1. The Morgan fingerprint density at radius 1 is 1.39 bits per heavy atom. The number of aromatic hydroxyl groups is 1. The number of hydrogen-bond acceptors (Lipinski definition) is 3. The van der Waals surface area contributed by atoms with Crippen molar-refractivity contribution in [2.45, 2.75) is 44.4 Å². The lowest BCUT2D eigenvalue weighted by Crippen LogP contribution is -2.35. The lowest BCUT2D eigenvalue weighted by atomic mass is 9.93. The maximum atomic E-state index is 9.91. The summed E-state index contributed by atoms with van der Waals surface area (Å²) in [6.45, 7) is 0.558. The smallest absolute Gasteiger partial charge is 0.134 e. The maximum Gasteiger partial charge on any atom is 0.134 e. The minimum atomic E-state index is -0.198. The molecule has 0 aliphatic heterocycles. The first kappa shape index (κ1) is 14.1. The fraction of sp³-hybridized carbons (Fsp3) is 0.538. The quantitative estimate of drug-likeness (QED) is 0.795. The molecule has 1 aliphatic carbocycles. The normalized spacial score (nSPS) is 24.2. The van der Waals surface area contributed by atoms with Gasteiger partial charge in [-0.05, 0) is 53.7 Å². The molecule has 2 unspecified atom stereocenters. The second-order valence-corrected chi connectivity index (χ2v) is 6.08. The Morgan fingerprint density at radius 2 is 2.17 bits per heavy atom. The second-order valence-electron chi connectivity index (χ2n) is 4.79. The van der Waals surface area contributed by atoms with Crippen LogP contribution >= 0.6 is 27.5 Å². The third-order valence-corrected chi connectivity index (χ3v) is 4.16. The van der Waals surface area contributed by atoms with Crippen LogP contribution in [0.1, 0.15) is 31.2 Å². The van der Waals surface area contributed by atoms with Crippen LogP contribution in [-0.2, 0) is 6.54 Å². The van der Waals surface area contributed by atoms with Crippen molar-refractivity contribution < 1.29 is 10.2 Å². The van der Waals surface area contributed by atoms with Gasteiger partial charge in [-0.1, -0.05) is 11.6 Å². The highest BCUT2D eigenvalue weighted by molar-refractivity contribution is 9.10. The Morgan fingerprint density at radius 3 is 2.89 bits per heavy atom. The largest absolute Gasteiger partial charge is 0.506 e. The molecule has 2 rings (SSSR count). The molecule has 3 nitrogen and oxygen atoms in total. The fourth-order valence-corrected chi connectivity index (χ4v) is 3.23. The van der Waals surface area contributed by atoms with Crippen LogP contribution in [0.4, 0.5) is 0 Å². The summed E-state index contributed by atoms with van der Waals surface area (Å²) in [6, 6.07) is 3.74. The molecular formula is C13H17BrClNO2.